The number of hydrogen-bond donors (Lipinski definition) is 1. The van der Waals surface area contributed by atoms with Crippen LogP contribution in [0.3, 0.4) is 0 Å². The molecule has 0 aliphatic rings. The fourth-order valence-corrected chi connectivity index (χ4v) is 2.05. The molecule has 2 aromatic carbocycles. The van der Waals surface area contributed by atoms with Crippen molar-refractivity contribution < 1.29 is 14.3 Å². The van der Waals surface area contributed by atoms with E-state index in [1.807, 2.05) is 68.4 Å². The molecule has 0 aliphatic heterocycles. The van der Waals surface area contributed by atoms with E-state index in [1.165, 1.54) is 0 Å². The number of anilines is 1. The molecule has 122 valence electrons. The third-order valence-corrected chi connectivity index (χ3v) is 3.07. The third-order valence-electron chi connectivity index (χ3n) is 3.07. The number of benzene rings is 2. The molecule has 0 unspecified atom stereocenters. The molecule has 1 N–H and O–H groups in total. The van der Waals surface area contributed by atoms with E-state index < -0.39 is 0 Å². The quantitative estimate of drug-likeness (QED) is 0.740. The first-order chi connectivity index (χ1) is 11.1. The highest BCUT2D eigenvalue weighted by atomic mass is 16.5. The average molecular weight is 313 g/mol. The molecule has 0 spiro atoms. The zero-order chi connectivity index (χ0) is 16.5. The van der Waals surface area contributed by atoms with E-state index in [4.69, 9.17) is 9.47 Å². The van der Waals surface area contributed by atoms with Crippen LogP contribution in [-0.2, 0) is 4.79 Å². The fraction of sp³-hybridized carbons (Fsp3) is 0.316. The molecule has 0 aliphatic carbocycles. The van der Waals surface area contributed by atoms with Gasteiger partial charge in [0.25, 0.3) is 0 Å². The van der Waals surface area contributed by atoms with E-state index in [1.54, 1.807) is 0 Å². The zero-order valence-corrected chi connectivity index (χ0v) is 13.6. The molecule has 0 bridgehead atoms. The second-order valence-corrected chi connectivity index (χ2v) is 5.50. The van der Waals surface area contributed by atoms with Gasteiger partial charge in [0.2, 0.25) is 5.91 Å². The molecule has 4 heteroatoms. The van der Waals surface area contributed by atoms with Crippen molar-refractivity contribution in [2.45, 2.75) is 32.8 Å². The number of nitrogens with one attached hydrogen (secondary N) is 1. The van der Waals surface area contributed by atoms with Gasteiger partial charge in [-0.25, -0.2) is 0 Å². The molecule has 0 saturated heterocycles. The van der Waals surface area contributed by atoms with Crippen LogP contribution in [0.15, 0.2) is 54.6 Å². The van der Waals surface area contributed by atoms with Crippen LogP contribution >= 0.6 is 0 Å². The van der Waals surface area contributed by atoms with E-state index in [2.05, 4.69) is 5.32 Å². The summed E-state index contributed by atoms with van der Waals surface area (Å²) >= 11 is 0. The minimum atomic E-state index is -0.0146. The summed E-state index contributed by atoms with van der Waals surface area (Å²) in [7, 11) is 0. The SMILES string of the molecule is CC(C)Oc1ccc(NC(=O)CCCOc2ccccc2)cc1. The second-order valence-electron chi connectivity index (χ2n) is 5.50. The Bertz CT molecular complexity index is 594. The first-order valence-electron chi connectivity index (χ1n) is 7.88. The van der Waals surface area contributed by atoms with Crippen LogP contribution in [0.5, 0.6) is 11.5 Å². The number of rotatable bonds is 8. The Morgan fingerprint density at radius 2 is 1.70 bits per heavy atom. The van der Waals surface area contributed by atoms with Crippen LogP contribution in [0, 0.1) is 0 Å². The number of ether oxygens (including phenoxy) is 2. The summed E-state index contributed by atoms with van der Waals surface area (Å²) in [6.45, 7) is 4.49. The zero-order valence-electron chi connectivity index (χ0n) is 13.6. The number of carbonyl (C=O) groups is 1. The lowest BCUT2D eigenvalue weighted by Gasteiger charge is -2.11. The highest BCUT2D eigenvalue weighted by Gasteiger charge is 2.04. The monoisotopic (exact) mass is 313 g/mol. The molecule has 4 nitrogen and oxygen atoms in total. The molecular weight excluding hydrogens is 290 g/mol. The van der Waals surface area contributed by atoms with Gasteiger partial charge in [0, 0.05) is 12.1 Å². The lowest BCUT2D eigenvalue weighted by molar-refractivity contribution is -0.116. The predicted molar refractivity (Wildman–Crippen MR) is 92.0 cm³/mol. The van der Waals surface area contributed by atoms with Crippen molar-refractivity contribution in [3.63, 3.8) is 0 Å². The van der Waals surface area contributed by atoms with E-state index in [9.17, 15) is 4.79 Å². The number of carbonyl (C=O) groups excluding carboxylic acids is 1. The largest absolute Gasteiger partial charge is 0.494 e. The van der Waals surface area contributed by atoms with Gasteiger partial charge in [-0.15, -0.1) is 0 Å². The maximum Gasteiger partial charge on any atom is 0.224 e. The topological polar surface area (TPSA) is 47.6 Å². The molecule has 1 amide bonds. The standard InChI is InChI=1S/C19H23NO3/c1-15(2)23-18-12-10-16(11-13-18)20-19(21)9-6-14-22-17-7-4-3-5-8-17/h3-5,7-8,10-13,15H,6,9,14H2,1-2H3,(H,20,21). The van der Waals surface area contributed by atoms with Crippen LogP contribution in [0.25, 0.3) is 0 Å². The summed E-state index contributed by atoms with van der Waals surface area (Å²) in [6, 6.07) is 17.0. The number of hydrogen-bond acceptors (Lipinski definition) is 3. The van der Waals surface area contributed by atoms with Crippen molar-refractivity contribution >= 4 is 11.6 Å². The van der Waals surface area contributed by atoms with Gasteiger partial charge in [-0.3, -0.25) is 4.79 Å². The molecule has 23 heavy (non-hydrogen) atoms. The Labute approximate surface area is 137 Å². The normalized spacial score (nSPS) is 10.4. The summed E-state index contributed by atoms with van der Waals surface area (Å²) in [6.07, 6.45) is 1.24. The van der Waals surface area contributed by atoms with Crippen molar-refractivity contribution in [2.24, 2.45) is 0 Å². The molecule has 2 rings (SSSR count). The second kappa shape index (κ2) is 8.83. The molecular formula is C19H23NO3. The van der Waals surface area contributed by atoms with Gasteiger partial charge in [-0.2, -0.15) is 0 Å². The van der Waals surface area contributed by atoms with Crippen LogP contribution in [0.1, 0.15) is 26.7 Å². The molecule has 0 heterocycles. The smallest absolute Gasteiger partial charge is 0.224 e. The van der Waals surface area contributed by atoms with E-state index in [0.29, 0.717) is 19.4 Å². The van der Waals surface area contributed by atoms with Crippen molar-refractivity contribution in [3.05, 3.63) is 54.6 Å². The van der Waals surface area contributed by atoms with Crippen molar-refractivity contribution in [3.8, 4) is 11.5 Å². The summed E-state index contributed by atoms with van der Waals surface area (Å²) in [4.78, 5) is 11.9. The van der Waals surface area contributed by atoms with Crippen molar-refractivity contribution in [1.82, 2.24) is 0 Å². The maximum absolute atomic E-state index is 11.9. The van der Waals surface area contributed by atoms with Crippen LogP contribution in [0.2, 0.25) is 0 Å². The Morgan fingerprint density at radius 1 is 1.00 bits per heavy atom. The van der Waals surface area contributed by atoms with Gasteiger partial charge < -0.3 is 14.8 Å². The summed E-state index contributed by atoms with van der Waals surface area (Å²) in [5.41, 5.74) is 0.773. The third kappa shape index (κ3) is 6.43. The summed E-state index contributed by atoms with van der Waals surface area (Å²) in [5, 5.41) is 2.87. The Kier molecular flexibility index (Phi) is 6.48. The highest BCUT2D eigenvalue weighted by Crippen LogP contribution is 2.17. The summed E-state index contributed by atoms with van der Waals surface area (Å²) in [5.74, 6) is 1.61. The van der Waals surface area contributed by atoms with Crippen LogP contribution in [-0.4, -0.2) is 18.6 Å². The summed E-state index contributed by atoms with van der Waals surface area (Å²) < 4.78 is 11.1. The fourth-order valence-electron chi connectivity index (χ4n) is 2.05. The molecule has 0 saturated carbocycles. The lowest BCUT2D eigenvalue weighted by atomic mass is 10.2. The molecule has 0 fully saturated rings. The van der Waals surface area contributed by atoms with Gasteiger partial charge in [0.15, 0.2) is 0 Å². The van der Waals surface area contributed by atoms with Crippen molar-refractivity contribution in [1.29, 1.82) is 0 Å². The van der Waals surface area contributed by atoms with Crippen molar-refractivity contribution in [2.75, 3.05) is 11.9 Å². The first kappa shape index (κ1) is 16.9. The minimum Gasteiger partial charge on any atom is -0.494 e. The highest BCUT2D eigenvalue weighted by molar-refractivity contribution is 5.90. The average Bonchev–Trinajstić information content (AvgIpc) is 2.54. The Hall–Kier alpha value is -2.49. The Morgan fingerprint density at radius 3 is 2.35 bits per heavy atom. The lowest BCUT2D eigenvalue weighted by Crippen LogP contribution is -2.13. The van der Waals surface area contributed by atoms with Gasteiger partial charge >= 0.3 is 0 Å². The maximum atomic E-state index is 11.9. The van der Waals surface area contributed by atoms with E-state index in [-0.39, 0.29) is 12.0 Å². The molecule has 0 aromatic heterocycles. The van der Waals surface area contributed by atoms with Gasteiger partial charge in [0.05, 0.1) is 12.7 Å². The Balaban J connectivity index is 1.68. The number of amides is 1. The predicted octanol–water partition coefficient (Wildman–Crippen LogP) is 4.27. The van der Waals surface area contributed by atoms with E-state index >= 15 is 0 Å². The number of para-hydroxylation sites is 1. The minimum absolute atomic E-state index is 0.0146. The van der Waals surface area contributed by atoms with Gasteiger partial charge in [-0.05, 0) is 56.7 Å². The molecule has 2 aromatic rings. The van der Waals surface area contributed by atoms with E-state index in [0.717, 1.165) is 17.2 Å². The first-order valence-corrected chi connectivity index (χ1v) is 7.88. The van der Waals surface area contributed by atoms with Crippen LogP contribution < -0.4 is 14.8 Å². The molecule has 0 atom stereocenters. The van der Waals surface area contributed by atoms with Gasteiger partial charge in [-0.1, -0.05) is 18.2 Å². The van der Waals surface area contributed by atoms with Gasteiger partial charge in [0.1, 0.15) is 11.5 Å². The van der Waals surface area contributed by atoms with Crippen LogP contribution in [0.4, 0.5) is 5.69 Å². The molecule has 0 radical (unpaired) electrons.